The second-order valence-corrected chi connectivity index (χ2v) is 23.3. The third-order valence-electron chi connectivity index (χ3n) is 12.7. The zero-order chi connectivity index (χ0) is 50.4. The van der Waals surface area contributed by atoms with E-state index in [1.54, 1.807) is 50.3 Å². The molecule has 4 unspecified atom stereocenters. The summed E-state index contributed by atoms with van der Waals surface area (Å²) in [4.78, 5) is 30.5. The van der Waals surface area contributed by atoms with E-state index in [2.05, 4.69) is 15.1 Å². The number of carbonyl (C=O) groups excluding carboxylic acids is 1. The van der Waals surface area contributed by atoms with E-state index in [9.17, 15) is 35.2 Å². The molecule has 8 rings (SSSR count). The van der Waals surface area contributed by atoms with Crippen LogP contribution in [0.15, 0.2) is 94.7 Å². The summed E-state index contributed by atoms with van der Waals surface area (Å²) in [6, 6.07) is 21.0. The van der Waals surface area contributed by atoms with E-state index in [1.807, 2.05) is 17.0 Å². The molecule has 13 nitrogen and oxygen atoms in total. The van der Waals surface area contributed by atoms with Crippen LogP contribution in [0.25, 0.3) is 12.2 Å². The van der Waals surface area contributed by atoms with Crippen LogP contribution in [-0.4, -0.2) is 136 Å². The van der Waals surface area contributed by atoms with Gasteiger partial charge in [0.15, 0.2) is 0 Å². The molecule has 4 aromatic rings. The van der Waals surface area contributed by atoms with Gasteiger partial charge in [0.2, 0.25) is 26.0 Å². The van der Waals surface area contributed by atoms with Crippen LogP contribution in [-0.2, 0) is 42.7 Å². The summed E-state index contributed by atoms with van der Waals surface area (Å²) in [5, 5.41) is 12.9. The maximum absolute atomic E-state index is 13.2. The number of nitrogens with zero attached hydrogens (tertiary/aromatic N) is 5. The number of rotatable bonds is 12. The number of nitrogens with one attached hydrogen (secondary N) is 1. The van der Waals surface area contributed by atoms with Crippen molar-refractivity contribution in [3.05, 3.63) is 140 Å². The van der Waals surface area contributed by atoms with E-state index in [1.165, 1.54) is 89.1 Å². The minimum atomic E-state index is -3.73. The highest BCUT2D eigenvalue weighted by atomic mass is 35.5. The van der Waals surface area contributed by atoms with Gasteiger partial charge in [-0.1, -0.05) is 47.5 Å². The van der Waals surface area contributed by atoms with E-state index in [0.717, 1.165) is 77.9 Å². The molecule has 4 atom stereocenters. The summed E-state index contributed by atoms with van der Waals surface area (Å²) in [6.45, 7) is 8.97. The van der Waals surface area contributed by atoms with Crippen molar-refractivity contribution in [2.24, 2.45) is 0 Å². The van der Waals surface area contributed by atoms with Gasteiger partial charge in [-0.2, -0.15) is 0 Å². The Hall–Kier alpha value is -4.56. The highest BCUT2D eigenvalue weighted by Crippen LogP contribution is 2.33. The number of benzene rings is 4. The van der Waals surface area contributed by atoms with Gasteiger partial charge in [0.05, 0.1) is 9.79 Å². The maximum atomic E-state index is 13.2. The Balaban J connectivity index is 0.000000188. The summed E-state index contributed by atoms with van der Waals surface area (Å²) in [5.74, 6) is -1.66. The summed E-state index contributed by atoms with van der Waals surface area (Å²) >= 11 is 12.1. The van der Waals surface area contributed by atoms with E-state index in [0.29, 0.717) is 33.3 Å². The van der Waals surface area contributed by atoms with Gasteiger partial charge in [-0.3, -0.25) is 14.6 Å². The third kappa shape index (κ3) is 13.9. The number of carbonyl (C=O) groups is 2. The first-order valence-electron chi connectivity index (χ1n) is 22.6. The Morgan fingerprint density at radius 2 is 1.04 bits per heavy atom. The van der Waals surface area contributed by atoms with Crippen LogP contribution in [0, 0.1) is 25.5 Å². The molecule has 2 N–H and O–H groups in total. The lowest BCUT2D eigenvalue weighted by atomic mass is 10.1. The fourth-order valence-corrected chi connectivity index (χ4v) is 11.7. The van der Waals surface area contributed by atoms with Gasteiger partial charge < -0.3 is 15.3 Å². The van der Waals surface area contributed by atoms with Gasteiger partial charge in [0.1, 0.15) is 11.6 Å². The quantitative estimate of drug-likeness (QED) is 0.135. The Labute approximate surface area is 415 Å². The lowest BCUT2D eigenvalue weighted by Crippen LogP contribution is -2.55. The van der Waals surface area contributed by atoms with Crippen LogP contribution in [0.5, 0.6) is 0 Å². The largest absolute Gasteiger partial charge is 0.478 e. The normalized spacial score (nSPS) is 20.6. The van der Waals surface area contributed by atoms with Gasteiger partial charge in [-0.05, 0) is 134 Å². The van der Waals surface area contributed by atoms with E-state index >= 15 is 0 Å². The standard InChI is InChI=1S/C25H29ClFN3O3S.C13H17FN2.C12H14ClNO4S/c1-17-12-19(24(13-23(17)26)34(32,33)28(2)3)6-11-25(31)30-21-9-10-22(30)16-29(15-21)14-18-4-7-20(27)8-5-18;14-11-3-1-10(2-4-11)7-16-8-12-5-6-13(9-16)15-12;1-8-6-9(4-5-12(15)16)11(7-10(8)13)19(17,18)14(2)3/h4-8,11-13,21-22H,9-10,14-16H2,1-3H3;1-4,12-13,15H,5-9H2;4-7H,1-3H3,(H,15,16)/b11-6+;;5-4+. The first kappa shape index (κ1) is 53.8. The molecule has 69 heavy (non-hydrogen) atoms. The Kier molecular flexibility index (Phi) is 18.0. The van der Waals surface area contributed by atoms with E-state index < -0.39 is 26.0 Å². The summed E-state index contributed by atoms with van der Waals surface area (Å²) in [5.41, 5.74) is 4.39. The van der Waals surface area contributed by atoms with Gasteiger partial charge >= 0.3 is 5.97 Å². The highest BCUT2D eigenvalue weighted by Gasteiger charge is 2.42. The molecular weight excluding hydrogens is 970 g/mol. The van der Waals surface area contributed by atoms with Crippen LogP contribution in [0.3, 0.4) is 0 Å². The smallest absolute Gasteiger partial charge is 0.328 e. The van der Waals surface area contributed by atoms with Crippen molar-refractivity contribution < 1.29 is 40.3 Å². The fourth-order valence-electron chi connectivity index (χ4n) is 9.07. The molecule has 0 saturated carbocycles. The third-order valence-corrected chi connectivity index (χ3v) is 17.2. The Morgan fingerprint density at radius 3 is 1.43 bits per heavy atom. The number of piperazine rings is 2. The topological polar surface area (TPSA) is 151 Å². The van der Waals surface area contributed by atoms with Crippen LogP contribution < -0.4 is 5.32 Å². The number of halogens is 4. The first-order valence-corrected chi connectivity index (χ1v) is 26.2. The van der Waals surface area contributed by atoms with Crippen LogP contribution in [0.1, 0.15) is 59.1 Å². The van der Waals surface area contributed by atoms with E-state index in [-0.39, 0.29) is 45.0 Å². The second kappa shape index (κ2) is 23.1. The molecular formula is C50H60Cl2F2N6O7S2. The molecule has 4 aliphatic heterocycles. The van der Waals surface area contributed by atoms with Gasteiger partial charge in [-0.25, -0.2) is 39.0 Å². The summed E-state index contributed by atoms with van der Waals surface area (Å²) < 4.78 is 78.0. The van der Waals surface area contributed by atoms with Gasteiger partial charge in [0.25, 0.3) is 0 Å². The molecule has 0 aromatic heterocycles. The Morgan fingerprint density at radius 1 is 0.652 bits per heavy atom. The molecule has 0 spiro atoms. The number of carboxylic acid groups (broad SMARTS) is 1. The maximum Gasteiger partial charge on any atom is 0.328 e. The van der Waals surface area contributed by atoms with Gasteiger partial charge in [-0.15, -0.1) is 0 Å². The lowest BCUT2D eigenvalue weighted by molar-refractivity contribution is -0.132. The van der Waals surface area contributed by atoms with Crippen molar-refractivity contribution in [2.75, 3.05) is 54.4 Å². The molecule has 1 amide bonds. The number of aliphatic carboxylic acids is 1. The molecule has 4 saturated heterocycles. The van der Waals surface area contributed by atoms with Crippen LogP contribution in [0.4, 0.5) is 8.78 Å². The molecule has 19 heteroatoms. The SMILES string of the molecule is Cc1cc(/C=C/C(=O)N2C3CCC2CN(Cc2ccc(F)cc2)C3)c(S(=O)(=O)N(C)C)cc1Cl.Cc1cc(/C=C/C(=O)O)c(S(=O)(=O)N(C)C)cc1Cl.Fc1ccc(CN2CC3CCC(C2)N3)cc1. The average Bonchev–Trinajstić information content (AvgIpc) is 3.78. The van der Waals surface area contributed by atoms with Crippen molar-refractivity contribution in [2.45, 2.75) is 86.6 Å². The molecule has 4 aromatic carbocycles. The molecule has 0 aliphatic carbocycles. The lowest BCUT2D eigenvalue weighted by Gasteiger charge is -2.40. The summed E-state index contributed by atoms with van der Waals surface area (Å²) in [6.07, 6.45) is 9.66. The van der Waals surface area contributed by atoms with Crippen molar-refractivity contribution in [1.29, 1.82) is 0 Å². The number of sulfonamides is 2. The number of fused-ring (bicyclic) bond motifs is 4. The zero-order valence-electron chi connectivity index (χ0n) is 39.6. The molecule has 0 radical (unpaired) electrons. The molecule has 4 heterocycles. The van der Waals surface area contributed by atoms with Gasteiger partial charge in [0, 0.05) is 114 Å². The predicted molar refractivity (Wildman–Crippen MR) is 267 cm³/mol. The molecule has 4 fully saturated rings. The zero-order valence-corrected chi connectivity index (χ0v) is 42.7. The number of likely N-dealkylation sites (tertiary alicyclic amines) is 2. The average molecular weight is 1030 g/mol. The molecule has 4 bridgehead atoms. The predicted octanol–water partition coefficient (Wildman–Crippen LogP) is 7.68. The van der Waals surface area contributed by atoms with Crippen molar-refractivity contribution in [3.8, 4) is 0 Å². The molecule has 372 valence electrons. The van der Waals surface area contributed by atoms with Crippen LogP contribution >= 0.6 is 23.2 Å². The van der Waals surface area contributed by atoms with Crippen molar-refractivity contribution in [1.82, 2.24) is 28.6 Å². The number of hydrogen-bond donors (Lipinski definition) is 2. The first-order chi connectivity index (χ1) is 32.5. The van der Waals surface area contributed by atoms with Crippen LogP contribution in [0.2, 0.25) is 10.0 Å². The van der Waals surface area contributed by atoms with E-state index in [4.69, 9.17) is 28.3 Å². The number of hydrogen-bond acceptors (Lipinski definition) is 9. The number of carboxylic acids is 1. The van der Waals surface area contributed by atoms with Crippen molar-refractivity contribution in [3.63, 3.8) is 0 Å². The summed E-state index contributed by atoms with van der Waals surface area (Å²) in [7, 11) is -1.70. The minimum absolute atomic E-state index is 0.0226. The number of aryl methyl sites for hydroxylation is 2. The van der Waals surface area contributed by atoms with Crippen molar-refractivity contribution >= 4 is 67.3 Å². The molecule has 4 aliphatic rings. The Bertz CT molecular complexity index is 2750. The minimum Gasteiger partial charge on any atom is -0.478 e. The monoisotopic (exact) mass is 1030 g/mol. The number of amides is 1. The highest BCUT2D eigenvalue weighted by molar-refractivity contribution is 7.89. The second-order valence-electron chi connectivity index (χ2n) is 18.3. The fraction of sp³-hybridized carbons (Fsp3) is 0.400.